The minimum Gasteiger partial charge on any atom is -0.456 e. The maximum absolute atomic E-state index is 14.5. The van der Waals surface area contributed by atoms with Gasteiger partial charge in [0.25, 0.3) is 0 Å². The second-order valence-corrected chi connectivity index (χ2v) is 5.71. The van der Waals surface area contributed by atoms with Crippen molar-refractivity contribution in [3.05, 3.63) is 90.2 Å². The second kappa shape index (κ2) is 7.44. The molecule has 0 saturated carbocycles. The minimum absolute atomic E-state index is 0.0102. The molecule has 0 radical (unpaired) electrons. The van der Waals surface area contributed by atoms with Crippen LogP contribution in [0, 0.1) is 24.4 Å². The molecule has 1 nitrogen and oxygen atoms in total. The molecule has 0 aliphatic carbocycles. The van der Waals surface area contributed by atoms with Crippen molar-refractivity contribution in [1.82, 2.24) is 0 Å². The minimum atomic E-state index is -1.06. The van der Waals surface area contributed by atoms with E-state index >= 15 is 0 Å². The summed E-state index contributed by atoms with van der Waals surface area (Å²) in [6.45, 7) is 1.95. The number of halogens is 4. The highest BCUT2D eigenvalue weighted by atomic mass is 19.1. The van der Waals surface area contributed by atoms with Gasteiger partial charge in [0.05, 0.1) is 0 Å². The Labute approximate surface area is 148 Å². The Kier molecular flexibility index (Phi) is 5.07. The van der Waals surface area contributed by atoms with Gasteiger partial charge in [-0.15, -0.1) is 0 Å². The number of hydrogen-bond acceptors (Lipinski definition) is 1. The van der Waals surface area contributed by atoms with E-state index in [9.17, 15) is 17.6 Å². The van der Waals surface area contributed by atoms with Gasteiger partial charge in [0, 0.05) is 5.56 Å². The molecule has 0 aliphatic heterocycles. The molecule has 3 aromatic carbocycles. The Hall–Kier alpha value is -3.08. The lowest BCUT2D eigenvalue weighted by Crippen LogP contribution is -1.94. The topological polar surface area (TPSA) is 9.23 Å². The molecular weight excluding hydrogens is 344 g/mol. The molecule has 0 spiro atoms. The average Bonchev–Trinajstić information content (AvgIpc) is 2.61. The second-order valence-electron chi connectivity index (χ2n) is 5.71. The Morgan fingerprint density at radius 1 is 0.731 bits per heavy atom. The summed E-state index contributed by atoms with van der Waals surface area (Å²) in [6.07, 6.45) is 0.522. The maximum atomic E-state index is 14.5. The van der Waals surface area contributed by atoms with Crippen molar-refractivity contribution >= 4 is 0 Å². The highest BCUT2D eigenvalue weighted by Gasteiger charge is 2.15. The fraction of sp³-hybridized carbons (Fsp3) is 0.0476. The van der Waals surface area contributed by atoms with E-state index in [4.69, 9.17) is 0 Å². The molecule has 26 heavy (non-hydrogen) atoms. The van der Waals surface area contributed by atoms with Gasteiger partial charge in [-0.2, -0.15) is 0 Å². The summed E-state index contributed by atoms with van der Waals surface area (Å²) in [6, 6.07) is 13.9. The van der Waals surface area contributed by atoms with Gasteiger partial charge < -0.3 is 4.74 Å². The van der Waals surface area contributed by atoms with E-state index in [0.29, 0.717) is 11.8 Å². The SMILES string of the molecule is Cc1ccc(-c2ccc(-c3cc(F)c(OC=CF)c(F)c3)c(F)c2)cc1. The van der Waals surface area contributed by atoms with E-state index in [-0.39, 0.29) is 17.5 Å². The number of hydrogen-bond donors (Lipinski definition) is 0. The molecule has 0 unspecified atom stereocenters. The molecule has 0 heterocycles. The summed E-state index contributed by atoms with van der Waals surface area (Å²) in [7, 11) is 0. The van der Waals surface area contributed by atoms with Crippen LogP contribution in [0.4, 0.5) is 17.6 Å². The van der Waals surface area contributed by atoms with Crippen LogP contribution in [0.2, 0.25) is 0 Å². The monoisotopic (exact) mass is 358 g/mol. The van der Waals surface area contributed by atoms with Crippen LogP contribution in [0.15, 0.2) is 67.2 Å². The van der Waals surface area contributed by atoms with Crippen molar-refractivity contribution in [3.8, 4) is 28.0 Å². The lowest BCUT2D eigenvalue weighted by Gasteiger charge is -2.10. The number of benzene rings is 3. The molecule has 132 valence electrons. The predicted molar refractivity (Wildman–Crippen MR) is 92.8 cm³/mol. The molecule has 0 aromatic heterocycles. The zero-order valence-electron chi connectivity index (χ0n) is 13.8. The van der Waals surface area contributed by atoms with Gasteiger partial charge in [-0.3, -0.25) is 0 Å². The first-order valence-electron chi connectivity index (χ1n) is 7.77. The van der Waals surface area contributed by atoms with E-state index in [1.807, 2.05) is 31.2 Å². The Bertz CT molecular complexity index is 939. The fourth-order valence-corrected chi connectivity index (χ4v) is 2.60. The number of rotatable bonds is 4. The van der Waals surface area contributed by atoms with E-state index in [2.05, 4.69) is 4.74 Å². The van der Waals surface area contributed by atoms with E-state index in [0.717, 1.165) is 23.3 Å². The van der Waals surface area contributed by atoms with Crippen LogP contribution in [-0.2, 0) is 0 Å². The van der Waals surface area contributed by atoms with Gasteiger partial charge in [0.2, 0.25) is 0 Å². The third-order valence-electron chi connectivity index (χ3n) is 3.90. The summed E-state index contributed by atoms with van der Waals surface area (Å²) in [5.41, 5.74) is 2.64. The van der Waals surface area contributed by atoms with Crippen LogP contribution >= 0.6 is 0 Å². The smallest absolute Gasteiger partial charge is 0.197 e. The molecule has 0 amide bonds. The Morgan fingerprint density at radius 2 is 1.31 bits per heavy atom. The van der Waals surface area contributed by atoms with Gasteiger partial charge in [-0.25, -0.2) is 17.6 Å². The summed E-state index contributed by atoms with van der Waals surface area (Å²) >= 11 is 0. The molecule has 5 heteroatoms. The molecular formula is C21H14F4O. The summed E-state index contributed by atoms with van der Waals surface area (Å²) in [5.74, 6) is -3.47. The zero-order chi connectivity index (χ0) is 18.7. The molecule has 3 aromatic rings. The fourth-order valence-electron chi connectivity index (χ4n) is 2.60. The summed E-state index contributed by atoms with van der Waals surface area (Å²) in [4.78, 5) is 0. The van der Waals surface area contributed by atoms with Gasteiger partial charge in [0.15, 0.2) is 17.4 Å². The van der Waals surface area contributed by atoms with Crippen molar-refractivity contribution in [2.75, 3.05) is 0 Å². The average molecular weight is 358 g/mol. The molecule has 0 saturated heterocycles. The summed E-state index contributed by atoms with van der Waals surface area (Å²) in [5, 5.41) is 0. The van der Waals surface area contributed by atoms with Crippen molar-refractivity contribution in [1.29, 1.82) is 0 Å². The van der Waals surface area contributed by atoms with Crippen LogP contribution in [-0.4, -0.2) is 0 Å². The largest absolute Gasteiger partial charge is 0.456 e. The highest BCUT2D eigenvalue weighted by molar-refractivity contribution is 5.71. The first kappa shape index (κ1) is 17.7. The molecule has 0 bridgehead atoms. The standard InChI is InChI=1S/C21H14F4O/c1-13-2-4-14(5-3-13)15-6-7-17(18(23)10-15)16-11-19(24)21(20(25)12-16)26-9-8-22/h2-12H,1H3. The van der Waals surface area contributed by atoms with Gasteiger partial charge in [0.1, 0.15) is 18.4 Å². The Balaban J connectivity index is 1.98. The summed E-state index contributed by atoms with van der Waals surface area (Å²) < 4.78 is 59.0. The van der Waals surface area contributed by atoms with E-state index in [1.165, 1.54) is 12.1 Å². The van der Waals surface area contributed by atoms with E-state index in [1.54, 1.807) is 6.07 Å². The van der Waals surface area contributed by atoms with Gasteiger partial charge in [-0.1, -0.05) is 42.0 Å². The molecule has 0 fully saturated rings. The predicted octanol–water partition coefficient (Wildman–Crippen LogP) is 6.57. The van der Waals surface area contributed by atoms with Crippen LogP contribution in [0.1, 0.15) is 5.56 Å². The normalized spacial score (nSPS) is 11.1. The molecule has 0 aliphatic rings. The van der Waals surface area contributed by atoms with Gasteiger partial charge >= 0.3 is 0 Å². The lowest BCUT2D eigenvalue weighted by atomic mass is 9.99. The first-order chi connectivity index (χ1) is 12.5. The molecule has 3 rings (SSSR count). The van der Waals surface area contributed by atoms with E-state index < -0.39 is 23.2 Å². The van der Waals surface area contributed by atoms with Crippen LogP contribution in [0.25, 0.3) is 22.3 Å². The molecule has 0 atom stereocenters. The third-order valence-corrected chi connectivity index (χ3v) is 3.90. The molecule has 0 N–H and O–H groups in total. The Morgan fingerprint density at radius 3 is 1.88 bits per heavy atom. The quantitative estimate of drug-likeness (QED) is 0.379. The third kappa shape index (κ3) is 3.61. The van der Waals surface area contributed by atoms with Crippen LogP contribution in [0.5, 0.6) is 5.75 Å². The maximum Gasteiger partial charge on any atom is 0.197 e. The number of ether oxygens (including phenoxy) is 1. The van der Waals surface area contributed by atoms with Crippen LogP contribution < -0.4 is 4.74 Å². The van der Waals surface area contributed by atoms with Crippen molar-refractivity contribution in [2.24, 2.45) is 0 Å². The lowest BCUT2D eigenvalue weighted by molar-refractivity contribution is 0.399. The first-order valence-corrected chi connectivity index (χ1v) is 7.77. The van der Waals surface area contributed by atoms with Gasteiger partial charge in [-0.05, 0) is 41.8 Å². The van der Waals surface area contributed by atoms with Crippen molar-refractivity contribution in [2.45, 2.75) is 6.92 Å². The zero-order valence-corrected chi connectivity index (χ0v) is 13.8. The highest BCUT2D eigenvalue weighted by Crippen LogP contribution is 2.32. The van der Waals surface area contributed by atoms with Crippen molar-refractivity contribution < 1.29 is 22.3 Å². The van der Waals surface area contributed by atoms with Crippen molar-refractivity contribution in [3.63, 3.8) is 0 Å². The van der Waals surface area contributed by atoms with Crippen LogP contribution in [0.3, 0.4) is 0 Å². The number of aryl methyl sites for hydroxylation is 1.